The summed E-state index contributed by atoms with van der Waals surface area (Å²) < 4.78 is 11.9. The molecule has 0 aliphatic rings. The Morgan fingerprint density at radius 1 is 0.769 bits per heavy atom. The minimum atomic E-state index is -0.828. The van der Waals surface area contributed by atoms with Crippen molar-refractivity contribution in [3.05, 3.63) is 126 Å². The van der Waals surface area contributed by atoms with Crippen LogP contribution in [0.5, 0.6) is 17.2 Å². The van der Waals surface area contributed by atoms with Crippen molar-refractivity contribution in [2.45, 2.75) is 19.1 Å². The van der Waals surface area contributed by atoms with E-state index in [1.807, 2.05) is 128 Å². The Balaban J connectivity index is 1.33. The van der Waals surface area contributed by atoms with Gasteiger partial charge in [-0.25, -0.2) is 0 Å². The van der Waals surface area contributed by atoms with Crippen LogP contribution in [0, 0.1) is 0 Å². The molecule has 1 N–H and O–H groups in total. The topological polar surface area (TPSA) is 80.6 Å². The maximum atomic E-state index is 11.2. The van der Waals surface area contributed by atoms with Crippen molar-refractivity contribution in [3.63, 3.8) is 0 Å². The summed E-state index contributed by atoms with van der Waals surface area (Å²) in [6.07, 6.45) is 0.0420. The molecule has 4 aromatic rings. The van der Waals surface area contributed by atoms with Crippen LogP contribution in [0.25, 0.3) is 0 Å². The highest BCUT2D eigenvalue weighted by atomic mass is 16.6. The third-order valence-corrected chi connectivity index (χ3v) is 6.07. The Bertz CT molecular complexity index is 1340. The lowest BCUT2D eigenvalue weighted by molar-refractivity contribution is -0.138. The van der Waals surface area contributed by atoms with E-state index in [0.29, 0.717) is 29.6 Å². The molecule has 0 saturated carbocycles. The van der Waals surface area contributed by atoms with Crippen LogP contribution in [0.15, 0.2) is 114 Å². The van der Waals surface area contributed by atoms with Gasteiger partial charge in [0.2, 0.25) is 0 Å². The molecule has 4 aromatic carbocycles. The van der Waals surface area contributed by atoms with Gasteiger partial charge in [0.1, 0.15) is 30.4 Å². The van der Waals surface area contributed by atoms with Crippen LogP contribution in [0.1, 0.15) is 29.2 Å². The highest BCUT2D eigenvalue weighted by Gasteiger charge is 2.17. The molecule has 0 heterocycles. The number of carboxylic acid groups (broad SMARTS) is 1. The van der Waals surface area contributed by atoms with Crippen molar-refractivity contribution in [1.82, 2.24) is 4.90 Å². The van der Waals surface area contributed by atoms with Crippen LogP contribution in [0.2, 0.25) is 0 Å². The first-order valence-electron chi connectivity index (χ1n) is 12.6. The fraction of sp³-hybridized carbons (Fsp3) is 0.188. The van der Waals surface area contributed by atoms with E-state index in [9.17, 15) is 9.90 Å². The quantitative estimate of drug-likeness (QED) is 0.166. The Morgan fingerprint density at radius 3 is 1.97 bits per heavy atom. The predicted molar refractivity (Wildman–Crippen MR) is 151 cm³/mol. The van der Waals surface area contributed by atoms with E-state index in [-0.39, 0.29) is 19.1 Å². The third kappa shape index (κ3) is 8.45. The molecule has 7 heteroatoms. The van der Waals surface area contributed by atoms with E-state index in [2.05, 4.69) is 5.16 Å². The monoisotopic (exact) mass is 524 g/mol. The molecule has 0 amide bonds. The highest BCUT2D eigenvalue weighted by Crippen LogP contribution is 2.25. The Morgan fingerprint density at radius 2 is 1.36 bits per heavy atom. The summed E-state index contributed by atoms with van der Waals surface area (Å²) in [6, 6.07) is 34.3. The summed E-state index contributed by atoms with van der Waals surface area (Å²) in [5.74, 6) is 1.25. The van der Waals surface area contributed by atoms with Crippen molar-refractivity contribution >= 4 is 11.7 Å². The normalized spacial score (nSPS) is 12.1. The molecule has 0 radical (unpaired) electrons. The van der Waals surface area contributed by atoms with Gasteiger partial charge in [-0.3, -0.25) is 4.79 Å². The van der Waals surface area contributed by atoms with Gasteiger partial charge >= 0.3 is 5.97 Å². The Hall–Kier alpha value is -4.62. The number of para-hydroxylation sites is 1. The Labute approximate surface area is 228 Å². The van der Waals surface area contributed by atoms with Gasteiger partial charge in [0.25, 0.3) is 0 Å². The lowest BCUT2D eigenvalue weighted by Crippen LogP contribution is -2.22. The van der Waals surface area contributed by atoms with Gasteiger partial charge in [-0.2, -0.15) is 0 Å². The molecule has 1 unspecified atom stereocenters. The largest absolute Gasteiger partial charge is 0.489 e. The van der Waals surface area contributed by atoms with Crippen LogP contribution in [-0.2, 0) is 11.4 Å². The molecular weight excluding hydrogens is 492 g/mol. The van der Waals surface area contributed by atoms with Crippen molar-refractivity contribution in [1.29, 1.82) is 0 Å². The molecule has 0 fully saturated rings. The van der Waals surface area contributed by atoms with Crippen LogP contribution < -0.4 is 14.3 Å². The zero-order valence-electron chi connectivity index (χ0n) is 22.1. The van der Waals surface area contributed by atoms with Crippen molar-refractivity contribution in [3.8, 4) is 17.2 Å². The van der Waals surface area contributed by atoms with Gasteiger partial charge in [0, 0.05) is 11.6 Å². The number of hydrogen-bond acceptors (Lipinski definition) is 6. The number of carboxylic acids is 1. The van der Waals surface area contributed by atoms with E-state index in [1.54, 1.807) is 0 Å². The van der Waals surface area contributed by atoms with Gasteiger partial charge < -0.3 is 24.3 Å². The fourth-order valence-corrected chi connectivity index (χ4v) is 3.93. The summed E-state index contributed by atoms with van der Waals surface area (Å²) >= 11 is 0. The second-order valence-electron chi connectivity index (χ2n) is 9.18. The fourth-order valence-electron chi connectivity index (χ4n) is 3.93. The minimum Gasteiger partial charge on any atom is -0.489 e. The maximum absolute atomic E-state index is 11.2. The van der Waals surface area contributed by atoms with Gasteiger partial charge in [0.05, 0.1) is 6.42 Å². The van der Waals surface area contributed by atoms with Crippen LogP contribution in [-0.4, -0.2) is 42.4 Å². The molecule has 0 spiro atoms. The summed E-state index contributed by atoms with van der Waals surface area (Å²) in [7, 11) is 3.75. The third-order valence-electron chi connectivity index (χ3n) is 6.07. The number of benzene rings is 4. The van der Waals surface area contributed by atoms with Gasteiger partial charge in [-0.05, 0) is 61.6 Å². The number of hydrogen-bond donors (Lipinski definition) is 1. The highest BCUT2D eigenvalue weighted by molar-refractivity contribution is 6.01. The second-order valence-corrected chi connectivity index (χ2v) is 9.18. The molecular formula is C32H32N2O5. The average Bonchev–Trinajstić information content (AvgIpc) is 2.96. The molecule has 0 bridgehead atoms. The number of carbonyl (C=O) groups is 1. The number of oxime groups is 1. The van der Waals surface area contributed by atoms with Crippen LogP contribution >= 0.6 is 0 Å². The van der Waals surface area contributed by atoms with E-state index in [4.69, 9.17) is 14.3 Å². The minimum absolute atomic E-state index is 0.0420. The van der Waals surface area contributed by atoms with E-state index in [1.165, 1.54) is 0 Å². The standard InChI is InChI=1S/C32H32N2O5/c1-34(2)31(21-32(35)36)26-15-19-28(20-16-26)37-22-24-13-17-27(18-14-24)38-23-30(25-9-5-3-6-10-25)33-39-29-11-7-4-8-12-29/h3-20,31H,21-23H2,1-2H3,(H,35,36)/b33-30+. The number of rotatable bonds is 13. The van der Waals surface area contributed by atoms with Crippen LogP contribution in [0.4, 0.5) is 0 Å². The molecule has 39 heavy (non-hydrogen) atoms. The second kappa shape index (κ2) is 13.8. The Kier molecular flexibility index (Phi) is 9.69. The van der Waals surface area contributed by atoms with Crippen molar-refractivity contribution in [2.24, 2.45) is 5.16 Å². The van der Waals surface area contributed by atoms with Gasteiger partial charge in [-0.15, -0.1) is 0 Å². The van der Waals surface area contributed by atoms with E-state index >= 15 is 0 Å². The predicted octanol–water partition coefficient (Wildman–Crippen LogP) is 6.21. The number of nitrogens with zero attached hydrogens (tertiary/aromatic N) is 2. The van der Waals surface area contributed by atoms with Crippen LogP contribution in [0.3, 0.4) is 0 Å². The molecule has 7 nitrogen and oxygen atoms in total. The summed E-state index contributed by atoms with van der Waals surface area (Å²) in [6.45, 7) is 0.641. The average molecular weight is 525 g/mol. The first-order chi connectivity index (χ1) is 19.0. The first kappa shape index (κ1) is 27.4. The maximum Gasteiger partial charge on any atom is 0.305 e. The lowest BCUT2D eigenvalue weighted by atomic mass is 10.0. The number of aliphatic carboxylic acids is 1. The molecule has 200 valence electrons. The first-order valence-corrected chi connectivity index (χ1v) is 12.6. The smallest absolute Gasteiger partial charge is 0.305 e. The molecule has 4 rings (SSSR count). The summed E-state index contributed by atoms with van der Waals surface area (Å²) in [5, 5.41) is 13.5. The zero-order valence-corrected chi connectivity index (χ0v) is 22.1. The number of ether oxygens (including phenoxy) is 2. The summed E-state index contributed by atoms with van der Waals surface area (Å²) in [5.41, 5.74) is 3.52. The molecule has 0 aromatic heterocycles. The van der Waals surface area contributed by atoms with Crippen molar-refractivity contribution in [2.75, 3.05) is 20.7 Å². The SMILES string of the molecule is CN(C)C(CC(=O)O)c1ccc(OCc2ccc(OC/C(=N\Oc3ccccc3)c3ccccc3)cc2)cc1. The summed E-state index contributed by atoms with van der Waals surface area (Å²) in [4.78, 5) is 18.7. The molecule has 0 aliphatic heterocycles. The molecule has 0 aliphatic carbocycles. The molecule has 0 saturated heterocycles. The van der Waals surface area contributed by atoms with E-state index < -0.39 is 5.97 Å². The molecule has 1 atom stereocenters. The van der Waals surface area contributed by atoms with Gasteiger partial charge in [0.15, 0.2) is 5.75 Å². The van der Waals surface area contributed by atoms with E-state index in [0.717, 1.165) is 16.7 Å². The van der Waals surface area contributed by atoms with Crippen molar-refractivity contribution < 1.29 is 24.2 Å². The lowest BCUT2D eigenvalue weighted by Gasteiger charge is -2.23. The van der Waals surface area contributed by atoms with Gasteiger partial charge in [-0.1, -0.05) is 78.0 Å². The zero-order chi connectivity index (χ0) is 27.5.